The molecule has 2 rings (SSSR count). The van der Waals surface area contributed by atoms with E-state index in [0.717, 1.165) is 24.8 Å². The molecule has 1 aromatic rings. The second-order valence-corrected chi connectivity index (χ2v) is 4.05. The van der Waals surface area contributed by atoms with Crippen molar-refractivity contribution < 1.29 is 0 Å². The molecule has 0 aromatic heterocycles. The molecule has 1 aromatic carbocycles. The molecule has 0 radical (unpaired) electrons. The maximum atomic E-state index is 8.82. The summed E-state index contributed by atoms with van der Waals surface area (Å²) in [5.74, 6) is 0. The van der Waals surface area contributed by atoms with E-state index >= 15 is 0 Å². The molecular weight excluding hydrogens is 196 g/mol. The Morgan fingerprint density at radius 1 is 1.50 bits per heavy atom. The summed E-state index contributed by atoms with van der Waals surface area (Å²) in [7, 11) is 0. The quantitative estimate of drug-likeness (QED) is 0.709. The van der Waals surface area contributed by atoms with Gasteiger partial charge in [-0.3, -0.25) is 0 Å². The number of nitrogens with two attached hydrogens (primary N) is 1. The Balaban J connectivity index is 2.55. The summed E-state index contributed by atoms with van der Waals surface area (Å²) in [5, 5.41) is 9.34. The number of aryl methyl sites for hydroxylation is 1. The molecule has 0 bridgehead atoms. The zero-order valence-electron chi connectivity index (χ0n) is 7.76. The predicted molar refractivity (Wildman–Crippen MR) is 56.0 cm³/mol. The van der Waals surface area contributed by atoms with Gasteiger partial charge in [-0.05, 0) is 42.5 Å². The van der Waals surface area contributed by atoms with Crippen molar-refractivity contribution in [2.24, 2.45) is 5.73 Å². The van der Waals surface area contributed by atoms with Crippen LogP contribution < -0.4 is 5.73 Å². The number of benzene rings is 1. The second-order valence-electron chi connectivity index (χ2n) is 3.64. The molecule has 72 valence electrons. The predicted octanol–water partition coefficient (Wildman–Crippen LogP) is 2.55. The van der Waals surface area contributed by atoms with Crippen molar-refractivity contribution in [2.75, 3.05) is 0 Å². The lowest BCUT2D eigenvalue weighted by Crippen LogP contribution is -2.17. The van der Waals surface area contributed by atoms with Crippen molar-refractivity contribution in [3.63, 3.8) is 0 Å². The van der Waals surface area contributed by atoms with Crippen LogP contribution in [0.3, 0.4) is 0 Å². The Hall–Kier alpha value is -1.04. The van der Waals surface area contributed by atoms with Gasteiger partial charge in [0.15, 0.2) is 0 Å². The zero-order valence-corrected chi connectivity index (χ0v) is 8.51. The molecule has 2 N–H and O–H groups in total. The fraction of sp³-hybridized carbons (Fsp3) is 0.364. The van der Waals surface area contributed by atoms with Crippen LogP contribution in [0, 0.1) is 11.3 Å². The van der Waals surface area contributed by atoms with Crippen LogP contribution in [-0.4, -0.2) is 0 Å². The number of rotatable bonds is 0. The van der Waals surface area contributed by atoms with E-state index in [0.29, 0.717) is 10.6 Å². The molecule has 0 saturated heterocycles. The minimum Gasteiger partial charge on any atom is -0.324 e. The van der Waals surface area contributed by atoms with Gasteiger partial charge in [-0.1, -0.05) is 11.6 Å². The van der Waals surface area contributed by atoms with Crippen molar-refractivity contribution in [3.05, 3.63) is 33.8 Å². The van der Waals surface area contributed by atoms with Gasteiger partial charge in [0.05, 0.1) is 10.6 Å². The topological polar surface area (TPSA) is 49.8 Å². The van der Waals surface area contributed by atoms with Crippen LogP contribution in [0.15, 0.2) is 12.1 Å². The summed E-state index contributed by atoms with van der Waals surface area (Å²) < 4.78 is 0. The third kappa shape index (κ3) is 1.50. The van der Waals surface area contributed by atoms with Gasteiger partial charge in [-0.15, -0.1) is 0 Å². The van der Waals surface area contributed by atoms with Crippen molar-refractivity contribution in [3.8, 4) is 6.07 Å². The first-order valence-corrected chi connectivity index (χ1v) is 5.08. The summed E-state index contributed by atoms with van der Waals surface area (Å²) in [6, 6.07) is 5.89. The molecule has 1 aliphatic rings. The Labute approximate surface area is 88.3 Å². The molecule has 2 nitrogen and oxygen atoms in total. The summed E-state index contributed by atoms with van der Waals surface area (Å²) >= 11 is 5.95. The highest BCUT2D eigenvalue weighted by Crippen LogP contribution is 2.31. The highest BCUT2D eigenvalue weighted by Gasteiger charge is 2.18. The van der Waals surface area contributed by atoms with Gasteiger partial charge >= 0.3 is 0 Å². The first-order valence-electron chi connectivity index (χ1n) is 4.70. The largest absolute Gasteiger partial charge is 0.324 e. The fourth-order valence-corrected chi connectivity index (χ4v) is 2.16. The molecule has 0 spiro atoms. The first kappa shape index (κ1) is 9.51. The average Bonchev–Trinajstić information content (AvgIpc) is 2.19. The van der Waals surface area contributed by atoms with Crippen molar-refractivity contribution in [1.29, 1.82) is 5.26 Å². The number of nitrogens with zero attached hydrogens (tertiary/aromatic N) is 1. The number of halogens is 1. The van der Waals surface area contributed by atoms with Crippen LogP contribution in [0.4, 0.5) is 0 Å². The van der Waals surface area contributed by atoms with Crippen molar-refractivity contribution in [1.82, 2.24) is 0 Å². The van der Waals surface area contributed by atoms with Gasteiger partial charge in [0.2, 0.25) is 0 Å². The highest BCUT2D eigenvalue weighted by atomic mass is 35.5. The molecule has 1 aliphatic carbocycles. The molecular formula is C11H11ClN2. The molecule has 0 fully saturated rings. The molecule has 0 heterocycles. The second kappa shape index (κ2) is 3.61. The third-order valence-electron chi connectivity index (χ3n) is 2.71. The van der Waals surface area contributed by atoms with E-state index in [2.05, 4.69) is 6.07 Å². The minimum absolute atomic E-state index is 0.0870. The molecule has 0 amide bonds. The number of hydrogen-bond donors (Lipinski definition) is 1. The molecule has 14 heavy (non-hydrogen) atoms. The molecule has 0 aliphatic heterocycles. The van der Waals surface area contributed by atoms with Gasteiger partial charge in [0, 0.05) is 6.04 Å². The zero-order chi connectivity index (χ0) is 10.1. The Bertz CT molecular complexity index is 406. The lowest BCUT2D eigenvalue weighted by Gasteiger charge is -2.22. The molecule has 0 unspecified atom stereocenters. The normalized spacial score (nSPS) is 19.9. The van der Waals surface area contributed by atoms with Gasteiger partial charge in [-0.25, -0.2) is 0 Å². The summed E-state index contributed by atoms with van der Waals surface area (Å²) in [6.07, 6.45) is 3.12. The van der Waals surface area contributed by atoms with Crippen LogP contribution in [0.2, 0.25) is 5.02 Å². The van der Waals surface area contributed by atoms with Crippen LogP contribution in [0.5, 0.6) is 0 Å². The standard InChI is InChI=1S/C11H11ClN2/c12-10-5-9-7(4-8(10)6-13)2-1-3-11(9)14/h4-5,11H,1-3,14H2/t11-/m0/s1. The fourth-order valence-electron chi connectivity index (χ4n) is 1.95. The smallest absolute Gasteiger partial charge is 0.101 e. The Morgan fingerprint density at radius 3 is 3.00 bits per heavy atom. The van der Waals surface area contributed by atoms with Crippen LogP contribution in [0.1, 0.15) is 35.6 Å². The van der Waals surface area contributed by atoms with Gasteiger partial charge < -0.3 is 5.73 Å². The van der Waals surface area contributed by atoms with E-state index in [9.17, 15) is 0 Å². The van der Waals surface area contributed by atoms with E-state index in [1.165, 1.54) is 5.56 Å². The lowest BCUT2D eigenvalue weighted by molar-refractivity contribution is 0.570. The van der Waals surface area contributed by atoms with E-state index in [1.54, 1.807) is 0 Å². The summed E-state index contributed by atoms with van der Waals surface area (Å²) in [6.45, 7) is 0. The summed E-state index contributed by atoms with van der Waals surface area (Å²) in [5.41, 5.74) is 8.82. The average molecular weight is 207 g/mol. The van der Waals surface area contributed by atoms with Gasteiger partial charge in [0.1, 0.15) is 6.07 Å². The van der Waals surface area contributed by atoms with E-state index in [-0.39, 0.29) is 6.04 Å². The Kier molecular flexibility index (Phi) is 2.45. The highest BCUT2D eigenvalue weighted by molar-refractivity contribution is 6.31. The molecule has 1 atom stereocenters. The van der Waals surface area contributed by atoms with Gasteiger partial charge in [0.25, 0.3) is 0 Å². The Morgan fingerprint density at radius 2 is 2.29 bits per heavy atom. The SMILES string of the molecule is N#Cc1cc2c(cc1Cl)[C@@H](N)CCC2. The molecule has 0 saturated carbocycles. The lowest BCUT2D eigenvalue weighted by atomic mass is 9.87. The maximum absolute atomic E-state index is 8.82. The van der Waals surface area contributed by atoms with Crippen molar-refractivity contribution in [2.45, 2.75) is 25.3 Å². The van der Waals surface area contributed by atoms with E-state index in [1.807, 2.05) is 12.1 Å². The van der Waals surface area contributed by atoms with E-state index in [4.69, 9.17) is 22.6 Å². The number of hydrogen-bond acceptors (Lipinski definition) is 2. The molecule has 3 heteroatoms. The van der Waals surface area contributed by atoms with Crippen molar-refractivity contribution >= 4 is 11.6 Å². The van der Waals surface area contributed by atoms with Crippen LogP contribution in [0.25, 0.3) is 0 Å². The van der Waals surface area contributed by atoms with Crippen LogP contribution >= 0.6 is 11.6 Å². The first-order chi connectivity index (χ1) is 6.72. The van der Waals surface area contributed by atoms with Gasteiger partial charge in [-0.2, -0.15) is 5.26 Å². The third-order valence-corrected chi connectivity index (χ3v) is 3.02. The summed E-state index contributed by atoms with van der Waals surface area (Å²) in [4.78, 5) is 0. The van der Waals surface area contributed by atoms with Crippen LogP contribution in [-0.2, 0) is 6.42 Å². The number of fused-ring (bicyclic) bond motifs is 1. The van der Waals surface area contributed by atoms with E-state index < -0.39 is 0 Å². The maximum Gasteiger partial charge on any atom is 0.101 e. The monoisotopic (exact) mass is 206 g/mol. The minimum atomic E-state index is 0.0870. The number of nitriles is 1.